The van der Waals surface area contributed by atoms with E-state index < -0.39 is 0 Å². The molecule has 2 aromatic heterocycles. The monoisotopic (exact) mass is 411 g/mol. The number of amides is 1. The molecule has 0 saturated carbocycles. The Bertz CT molecular complexity index is 1020. The Morgan fingerprint density at radius 2 is 2.07 bits per heavy atom. The van der Waals surface area contributed by atoms with E-state index in [1.54, 1.807) is 11.8 Å². The van der Waals surface area contributed by atoms with Gasteiger partial charge in [-0.05, 0) is 50.6 Å². The van der Waals surface area contributed by atoms with Crippen molar-refractivity contribution in [2.45, 2.75) is 38.1 Å². The number of rotatable bonds is 5. The number of nitrogens with one attached hydrogen (secondary N) is 1. The number of hydrogen-bond donors (Lipinski definition) is 1. The van der Waals surface area contributed by atoms with Gasteiger partial charge in [0.2, 0.25) is 5.91 Å². The van der Waals surface area contributed by atoms with E-state index in [-0.39, 0.29) is 11.8 Å². The average molecular weight is 412 g/mol. The molecule has 8 heteroatoms. The minimum Gasteiger partial charge on any atom is -0.355 e. The van der Waals surface area contributed by atoms with E-state index in [9.17, 15) is 4.79 Å². The number of piperidine rings is 1. The molecule has 1 atom stereocenters. The molecule has 1 fully saturated rings. The lowest BCUT2D eigenvalue weighted by Crippen LogP contribution is -2.43. The summed E-state index contributed by atoms with van der Waals surface area (Å²) in [6.45, 7) is 5.77. The number of fused-ring (bicyclic) bond motifs is 1. The van der Waals surface area contributed by atoms with Gasteiger partial charge in [0.25, 0.3) is 5.71 Å². The van der Waals surface area contributed by atoms with Gasteiger partial charge in [0, 0.05) is 24.5 Å². The number of aromatic nitrogens is 3. The molecule has 1 aliphatic rings. The summed E-state index contributed by atoms with van der Waals surface area (Å²) in [5, 5.41) is 7.97. The van der Waals surface area contributed by atoms with Gasteiger partial charge in [-0.2, -0.15) is 4.98 Å². The highest BCUT2D eigenvalue weighted by Gasteiger charge is 2.28. The van der Waals surface area contributed by atoms with Crippen LogP contribution in [0.3, 0.4) is 0 Å². The Kier molecular flexibility index (Phi) is 5.71. The van der Waals surface area contributed by atoms with Crippen LogP contribution in [0.5, 0.6) is 0 Å². The zero-order chi connectivity index (χ0) is 20.4. The van der Waals surface area contributed by atoms with Crippen LogP contribution in [0.15, 0.2) is 33.7 Å². The Hall–Kier alpha value is -2.61. The van der Waals surface area contributed by atoms with Crippen LogP contribution in [0.4, 0.5) is 5.82 Å². The van der Waals surface area contributed by atoms with Crippen molar-refractivity contribution in [3.63, 3.8) is 0 Å². The Balaban J connectivity index is 1.45. The quantitative estimate of drug-likeness (QED) is 0.643. The maximum atomic E-state index is 12.8. The van der Waals surface area contributed by atoms with Crippen LogP contribution in [0.2, 0.25) is 0 Å². The molecule has 0 unspecified atom stereocenters. The molecule has 4 rings (SSSR count). The van der Waals surface area contributed by atoms with Crippen molar-refractivity contribution in [1.29, 1.82) is 0 Å². The second-order valence-corrected chi connectivity index (χ2v) is 8.27. The second kappa shape index (κ2) is 8.41. The predicted molar refractivity (Wildman–Crippen MR) is 114 cm³/mol. The molecule has 3 aromatic rings. The molecule has 1 saturated heterocycles. The third-order valence-electron chi connectivity index (χ3n) is 5.32. The van der Waals surface area contributed by atoms with Crippen molar-refractivity contribution in [2.24, 2.45) is 5.92 Å². The molecule has 7 nitrogen and oxygen atoms in total. The van der Waals surface area contributed by atoms with Crippen LogP contribution in [0.1, 0.15) is 29.9 Å². The first-order valence-electron chi connectivity index (χ1n) is 9.81. The molecule has 1 aromatic carbocycles. The summed E-state index contributed by atoms with van der Waals surface area (Å²) in [6, 6.07) is 8.29. The number of aryl methyl sites for hydroxylation is 2. The lowest BCUT2D eigenvalue weighted by Gasteiger charge is -2.33. The molecule has 1 N–H and O–H groups in total. The molecule has 0 spiro atoms. The fourth-order valence-corrected chi connectivity index (χ4v) is 4.17. The second-order valence-electron chi connectivity index (χ2n) is 7.39. The average Bonchev–Trinajstić information content (AvgIpc) is 3.12. The predicted octanol–water partition coefficient (Wildman–Crippen LogP) is 3.49. The van der Waals surface area contributed by atoms with E-state index in [4.69, 9.17) is 4.52 Å². The third-order valence-corrected chi connectivity index (χ3v) is 6.06. The molecule has 29 heavy (non-hydrogen) atoms. The highest BCUT2D eigenvalue weighted by atomic mass is 32.2. The standard InChI is InChI=1S/C21H25N5O2S/c1-13-18-19(23-14(2)24-21(18)28-25-13)26-10-4-5-16(12-26)20(27)22-11-15-6-8-17(29-3)9-7-15/h6-9,16H,4-5,10-12H2,1-3H3,(H,22,27)/t16-/m0/s1. The number of carbonyl (C=O) groups excluding carboxylic acids is 1. The maximum Gasteiger partial charge on any atom is 0.263 e. The Morgan fingerprint density at radius 3 is 2.83 bits per heavy atom. The van der Waals surface area contributed by atoms with Gasteiger partial charge in [-0.1, -0.05) is 17.3 Å². The normalized spacial score (nSPS) is 16.9. The van der Waals surface area contributed by atoms with Gasteiger partial charge in [-0.3, -0.25) is 4.79 Å². The van der Waals surface area contributed by atoms with Gasteiger partial charge in [0.1, 0.15) is 17.0 Å². The summed E-state index contributed by atoms with van der Waals surface area (Å²) in [6.07, 6.45) is 3.87. The lowest BCUT2D eigenvalue weighted by molar-refractivity contribution is -0.125. The van der Waals surface area contributed by atoms with Crippen LogP contribution in [-0.2, 0) is 11.3 Å². The molecule has 0 aliphatic carbocycles. The van der Waals surface area contributed by atoms with E-state index in [1.165, 1.54) is 4.90 Å². The summed E-state index contributed by atoms with van der Waals surface area (Å²) in [5.41, 5.74) is 2.39. The smallest absolute Gasteiger partial charge is 0.263 e. The summed E-state index contributed by atoms with van der Waals surface area (Å²) >= 11 is 1.71. The molecule has 1 amide bonds. The highest BCUT2D eigenvalue weighted by molar-refractivity contribution is 7.98. The molecule has 0 bridgehead atoms. The fourth-order valence-electron chi connectivity index (χ4n) is 3.76. The van der Waals surface area contributed by atoms with E-state index >= 15 is 0 Å². The first-order valence-corrected chi connectivity index (χ1v) is 11.0. The van der Waals surface area contributed by atoms with Gasteiger partial charge < -0.3 is 14.7 Å². The van der Waals surface area contributed by atoms with Crippen LogP contribution in [-0.4, -0.2) is 40.4 Å². The van der Waals surface area contributed by atoms with Crippen molar-refractivity contribution < 1.29 is 9.32 Å². The summed E-state index contributed by atoms with van der Waals surface area (Å²) in [7, 11) is 0. The number of anilines is 1. The van der Waals surface area contributed by atoms with Crippen molar-refractivity contribution >= 4 is 34.6 Å². The van der Waals surface area contributed by atoms with Crippen molar-refractivity contribution in [2.75, 3.05) is 24.2 Å². The number of carbonyl (C=O) groups is 1. The van der Waals surface area contributed by atoms with Crippen LogP contribution >= 0.6 is 11.8 Å². The van der Waals surface area contributed by atoms with E-state index in [0.29, 0.717) is 24.6 Å². The topological polar surface area (TPSA) is 84.2 Å². The van der Waals surface area contributed by atoms with Crippen molar-refractivity contribution in [1.82, 2.24) is 20.4 Å². The minimum absolute atomic E-state index is 0.0697. The Labute approximate surface area is 174 Å². The maximum absolute atomic E-state index is 12.8. The highest BCUT2D eigenvalue weighted by Crippen LogP contribution is 2.30. The third kappa shape index (κ3) is 4.22. The molecule has 3 heterocycles. The van der Waals surface area contributed by atoms with Crippen LogP contribution in [0.25, 0.3) is 11.1 Å². The van der Waals surface area contributed by atoms with E-state index in [1.807, 2.05) is 13.8 Å². The SMILES string of the molecule is CSc1ccc(CNC(=O)[C@H]2CCCN(c3nc(C)nc4onc(C)c34)C2)cc1. The number of nitrogens with zero attached hydrogens (tertiary/aromatic N) is 4. The molecular weight excluding hydrogens is 386 g/mol. The van der Waals surface area contributed by atoms with Gasteiger partial charge in [-0.25, -0.2) is 4.98 Å². The molecule has 152 valence electrons. The van der Waals surface area contributed by atoms with Gasteiger partial charge in [-0.15, -0.1) is 11.8 Å². The fraction of sp³-hybridized carbons (Fsp3) is 0.429. The Morgan fingerprint density at radius 1 is 1.28 bits per heavy atom. The lowest BCUT2D eigenvalue weighted by atomic mass is 9.96. The number of thioether (sulfide) groups is 1. The van der Waals surface area contributed by atoms with Gasteiger partial charge >= 0.3 is 0 Å². The van der Waals surface area contributed by atoms with Crippen molar-refractivity contribution in [3.8, 4) is 0 Å². The number of benzene rings is 1. The first-order chi connectivity index (χ1) is 14.0. The molecule has 1 aliphatic heterocycles. The van der Waals surface area contributed by atoms with Gasteiger partial charge in [0.05, 0.1) is 11.6 Å². The van der Waals surface area contributed by atoms with E-state index in [0.717, 1.165) is 41.8 Å². The summed E-state index contributed by atoms with van der Waals surface area (Å²) in [5.74, 6) is 1.48. The van der Waals surface area contributed by atoms with Crippen LogP contribution < -0.4 is 10.2 Å². The van der Waals surface area contributed by atoms with Gasteiger partial charge in [0.15, 0.2) is 0 Å². The zero-order valence-corrected chi connectivity index (χ0v) is 17.8. The largest absolute Gasteiger partial charge is 0.355 e. The van der Waals surface area contributed by atoms with Crippen LogP contribution in [0, 0.1) is 19.8 Å². The zero-order valence-electron chi connectivity index (χ0n) is 16.9. The molecular formula is C21H25N5O2S. The minimum atomic E-state index is -0.0697. The summed E-state index contributed by atoms with van der Waals surface area (Å²) < 4.78 is 5.33. The van der Waals surface area contributed by atoms with E-state index in [2.05, 4.69) is 55.9 Å². The van der Waals surface area contributed by atoms with Crippen molar-refractivity contribution in [3.05, 3.63) is 41.3 Å². The first kappa shape index (κ1) is 19.7. The summed E-state index contributed by atoms with van der Waals surface area (Å²) in [4.78, 5) is 25.2. The molecule has 0 radical (unpaired) electrons. The number of hydrogen-bond acceptors (Lipinski definition) is 7.